The maximum Gasteiger partial charge on any atom is 0.0533 e. The van der Waals surface area contributed by atoms with Crippen molar-refractivity contribution < 1.29 is 0 Å². The van der Waals surface area contributed by atoms with E-state index in [0.717, 1.165) is 25.6 Å². The summed E-state index contributed by atoms with van der Waals surface area (Å²) in [6, 6.07) is 1.96. The van der Waals surface area contributed by atoms with Crippen molar-refractivity contribution in [2.24, 2.45) is 5.92 Å². The second-order valence-electron chi connectivity index (χ2n) is 4.39. The van der Waals surface area contributed by atoms with Crippen LogP contribution in [0.3, 0.4) is 0 Å². The Morgan fingerprint density at radius 1 is 1.53 bits per heavy atom. The molecular weight excluding hydrogens is 188 g/mol. The molecule has 84 valence electrons. The van der Waals surface area contributed by atoms with E-state index in [2.05, 4.69) is 22.4 Å². The van der Waals surface area contributed by atoms with Gasteiger partial charge < -0.3 is 10.2 Å². The SMILES string of the molecule is CN1CCC(CNCCn2cccn2)C1. The fourth-order valence-electron chi connectivity index (χ4n) is 2.13. The van der Waals surface area contributed by atoms with Gasteiger partial charge in [-0.1, -0.05) is 0 Å². The van der Waals surface area contributed by atoms with Gasteiger partial charge in [-0.3, -0.25) is 4.68 Å². The topological polar surface area (TPSA) is 33.1 Å². The van der Waals surface area contributed by atoms with E-state index in [0.29, 0.717) is 0 Å². The molecule has 0 amide bonds. The summed E-state index contributed by atoms with van der Waals surface area (Å²) >= 11 is 0. The van der Waals surface area contributed by atoms with E-state index >= 15 is 0 Å². The van der Waals surface area contributed by atoms with Crippen LogP contribution in [0.25, 0.3) is 0 Å². The number of hydrogen-bond acceptors (Lipinski definition) is 3. The lowest BCUT2D eigenvalue weighted by Gasteiger charge is -2.11. The van der Waals surface area contributed by atoms with Crippen LogP contribution in [-0.4, -0.2) is 47.9 Å². The summed E-state index contributed by atoms with van der Waals surface area (Å²) < 4.78 is 1.97. The van der Waals surface area contributed by atoms with E-state index in [-0.39, 0.29) is 0 Å². The first-order chi connectivity index (χ1) is 7.34. The molecule has 1 saturated heterocycles. The van der Waals surface area contributed by atoms with Crippen LogP contribution in [0.2, 0.25) is 0 Å². The molecule has 0 aromatic carbocycles. The van der Waals surface area contributed by atoms with Crippen LogP contribution in [-0.2, 0) is 6.54 Å². The first kappa shape index (κ1) is 10.6. The van der Waals surface area contributed by atoms with Gasteiger partial charge in [0, 0.05) is 25.5 Å². The van der Waals surface area contributed by atoms with Crippen molar-refractivity contribution in [2.75, 3.05) is 33.2 Å². The van der Waals surface area contributed by atoms with Crippen LogP contribution in [0.4, 0.5) is 0 Å². The second kappa shape index (κ2) is 5.28. The third-order valence-electron chi connectivity index (χ3n) is 3.00. The second-order valence-corrected chi connectivity index (χ2v) is 4.39. The highest BCUT2D eigenvalue weighted by Gasteiger charge is 2.18. The summed E-state index contributed by atoms with van der Waals surface area (Å²) in [6.07, 6.45) is 5.17. The van der Waals surface area contributed by atoms with Gasteiger partial charge in [0.05, 0.1) is 6.54 Å². The summed E-state index contributed by atoms with van der Waals surface area (Å²) in [5.41, 5.74) is 0. The zero-order valence-electron chi connectivity index (χ0n) is 9.39. The molecule has 0 aliphatic carbocycles. The van der Waals surface area contributed by atoms with Gasteiger partial charge in [0.1, 0.15) is 0 Å². The number of hydrogen-bond donors (Lipinski definition) is 1. The molecular formula is C11H20N4. The zero-order valence-corrected chi connectivity index (χ0v) is 9.39. The Bertz CT molecular complexity index is 270. The van der Waals surface area contributed by atoms with E-state index in [1.165, 1.54) is 19.5 Å². The minimum atomic E-state index is 0.840. The lowest BCUT2D eigenvalue weighted by molar-refractivity contribution is 0.386. The molecule has 0 bridgehead atoms. The third kappa shape index (κ3) is 3.32. The lowest BCUT2D eigenvalue weighted by Crippen LogP contribution is -2.27. The molecule has 1 N–H and O–H groups in total. The van der Waals surface area contributed by atoms with Crippen molar-refractivity contribution in [3.63, 3.8) is 0 Å². The predicted octanol–water partition coefficient (Wildman–Crippen LogP) is 0.424. The van der Waals surface area contributed by atoms with Gasteiger partial charge in [-0.15, -0.1) is 0 Å². The monoisotopic (exact) mass is 208 g/mol. The van der Waals surface area contributed by atoms with E-state index in [4.69, 9.17) is 0 Å². The minimum absolute atomic E-state index is 0.840. The molecule has 1 aliphatic heterocycles. The Kier molecular flexibility index (Phi) is 3.75. The first-order valence-corrected chi connectivity index (χ1v) is 5.71. The Morgan fingerprint density at radius 2 is 2.47 bits per heavy atom. The molecule has 15 heavy (non-hydrogen) atoms. The maximum atomic E-state index is 4.17. The fraction of sp³-hybridized carbons (Fsp3) is 0.727. The maximum absolute atomic E-state index is 4.17. The van der Waals surface area contributed by atoms with Gasteiger partial charge in [0.15, 0.2) is 0 Å². The molecule has 4 nitrogen and oxygen atoms in total. The molecule has 1 unspecified atom stereocenters. The Hall–Kier alpha value is -0.870. The molecule has 1 fully saturated rings. The Morgan fingerprint density at radius 3 is 3.13 bits per heavy atom. The number of rotatable bonds is 5. The predicted molar refractivity (Wildman–Crippen MR) is 60.7 cm³/mol. The summed E-state index contributed by atoms with van der Waals surface area (Å²) in [5, 5.41) is 7.66. The van der Waals surface area contributed by atoms with Crippen molar-refractivity contribution in [2.45, 2.75) is 13.0 Å². The van der Waals surface area contributed by atoms with Crippen molar-refractivity contribution in [3.05, 3.63) is 18.5 Å². The molecule has 1 aliphatic rings. The molecule has 2 heterocycles. The molecule has 2 rings (SSSR count). The average molecular weight is 208 g/mol. The van der Waals surface area contributed by atoms with Gasteiger partial charge >= 0.3 is 0 Å². The van der Waals surface area contributed by atoms with Crippen LogP contribution in [0, 0.1) is 5.92 Å². The molecule has 1 aromatic heterocycles. The highest BCUT2D eigenvalue weighted by atomic mass is 15.3. The van der Waals surface area contributed by atoms with Crippen LogP contribution in [0.15, 0.2) is 18.5 Å². The zero-order chi connectivity index (χ0) is 10.5. The Balaban J connectivity index is 1.55. The molecule has 4 heteroatoms. The normalized spacial score (nSPS) is 22.3. The fourth-order valence-corrected chi connectivity index (χ4v) is 2.13. The molecule has 1 atom stereocenters. The molecule has 1 aromatic rings. The molecule has 0 radical (unpaired) electrons. The van der Waals surface area contributed by atoms with Crippen LogP contribution < -0.4 is 5.32 Å². The quantitative estimate of drug-likeness (QED) is 0.712. The van der Waals surface area contributed by atoms with E-state index in [9.17, 15) is 0 Å². The van der Waals surface area contributed by atoms with Crippen molar-refractivity contribution in [3.8, 4) is 0 Å². The van der Waals surface area contributed by atoms with Crippen LogP contribution in [0.5, 0.6) is 0 Å². The molecule has 0 saturated carbocycles. The highest BCUT2D eigenvalue weighted by Crippen LogP contribution is 2.12. The summed E-state index contributed by atoms with van der Waals surface area (Å²) in [7, 11) is 2.20. The van der Waals surface area contributed by atoms with Crippen molar-refractivity contribution >= 4 is 0 Å². The standard InChI is InChI=1S/C11H20N4/c1-14-7-3-11(10-14)9-12-5-8-15-6-2-4-13-15/h2,4,6,11-12H,3,5,7-10H2,1H3. The smallest absolute Gasteiger partial charge is 0.0533 e. The van der Waals surface area contributed by atoms with Gasteiger partial charge in [-0.05, 0) is 38.5 Å². The van der Waals surface area contributed by atoms with Gasteiger partial charge in [-0.2, -0.15) is 5.10 Å². The number of nitrogens with one attached hydrogen (secondary N) is 1. The first-order valence-electron chi connectivity index (χ1n) is 5.71. The van der Waals surface area contributed by atoms with Crippen LogP contribution in [0.1, 0.15) is 6.42 Å². The van der Waals surface area contributed by atoms with Gasteiger partial charge in [0.2, 0.25) is 0 Å². The lowest BCUT2D eigenvalue weighted by atomic mass is 10.1. The van der Waals surface area contributed by atoms with Crippen LogP contribution >= 0.6 is 0 Å². The molecule has 0 spiro atoms. The summed E-state index contributed by atoms with van der Waals surface area (Å²) in [6.45, 7) is 5.63. The van der Waals surface area contributed by atoms with Crippen molar-refractivity contribution in [1.29, 1.82) is 0 Å². The Labute approximate surface area is 91.3 Å². The van der Waals surface area contributed by atoms with Gasteiger partial charge in [0.25, 0.3) is 0 Å². The van der Waals surface area contributed by atoms with Crippen molar-refractivity contribution in [1.82, 2.24) is 20.0 Å². The van der Waals surface area contributed by atoms with E-state index in [1.807, 2.05) is 23.1 Å². The summed E-state index contributed by atoms with van der Waals surface area (Å²) in [4.78, 5) is 2.40. The van der Waals surface area contributed by atoms with E-state index < -0.39 is 0 Å². The summed E-state index contributed by atoms with van der Waals surface area (Å²) in [5.74, 6) is 0.840. The number of nitrogens with zero attached hydrogens (tertiary/aromatic N) is 3. The average Bonchev–Trinajstić information content (AvgIpc) is 2.84. The number of likely N-dealkylation sites (tertiary alicyclic amines) is 1. The highest BCUT2D eigenvalue weighted by molar-refractivity contribution is 4.78. The van der Waals surface area contributed by atoms with E-state index in [1.54, 1.807) is 0 Å². The minimum Gasteiger partial charge on any atom is -0.315 e. The van der Waals surface area contributed by atoms with Gasteiger partial charge in [-0.25, -0.2) is 0 Å². The largest absolute Gasteiger partial charge is 0.315 e. The third-order valence-corrected chi connectivity index (χ3v) is 3.00. The number of aromatic nitrogens is 2.